The lowest BCUT2D eigenvalue weighted by Crippen LogP contribution is -2.11. The van der Waals surface area contributed by atoms with Gasteiger partial charge in [-0.3, -0.25) is 4.79 Å². The number of amides is 1. The molecular formula is C16H20N2O. The molecule has 1 amide bonds. The molecule has 0 saturated heterocycles. The molecule has 0 atom stereocenters. The lowest BCUT2D eigenvalue weighted by atomic mass is 10.1. The maximum Gasteiger partial charge on any atom is 0.255 e. The predicted octanol–water partition coefficient (Wildman–Crippen LogP) is 3.86. The molecule has 0 saturated carbocycles. The third-order valence-corrected chi connectivity index (χ3v) is 2.57. The Morgan fingerprint density at radius 2 is 1.68 bits per heavy atom. The third kappa shape index (κ3) is 4.14. The van der Waals surface area contributed by atoms with Gasteiger partial charge in [-0.2, -0.15) is 0 Å². The second-order valence-corrected chi connectivity index (χ2v) is 3.89. The predicted molar refractivity (Wildman–Crippen MR) is 81.3 cm³/mol. The van der Waals surface area contributed by atoms with Crippen LogP contribution >= 0.6 is 0 Å². The van der Waals surface area contributed by atoms with Gasteiger partial charge in [0.05, 0.1) is 0 Å². The molecular weight excluding hydrogens is 236 g/mol. The third-order valence-electron chi connectivity index (χ3n) is 2.57. The van der Waals surface area contributed by atoms with E-state index in [-0.39, 0.29) is 5.91 Å². The Balaban J connectivity index is 0.000000861. The zero-order valence-corrected chi connectivity index (χ0v) is 11.6. The van der Waals surface area contributed by atoms with Crippen molar-refractivity contribution in [2.75, 3.05) is 11.1 Å². The number of nitrogens with two attached hydrogens (primary N) is 1. The van der Waals surface area contributed by atoms with Gasteiger partial charge in [0.2, 0.25) is 0 Å². The molecule has 0 aliphatic carbocycles. The molecule has 0 spiro atoms. The van der Waals surface area contributed by atoms with Crippen molar-refractivity contribution in [1.29, 1.82) is 0 Å². The smallest absolute Gasteiger partial charge is 0.255 e. The van der Waals surface area contributed by atoms with E-state index in [4.69, 9.17) is 5.73 Å². The minimum atomic E-state index is -0.131. The lowest BCUT2D eigenvalue weighted by molar-refractivity contribution is 0.102. The Labute approximate surface area is 114 Å². The number of rotatable bonds is 2. The van der Waals surface area contributed by atoms with E-state index < -0.39 is 0 Å². The van der Waals surface area contributed by atoms with Crippen LogP contribution in [0.5, 0.6) is 0 Å². The summed E-state index contributed by atoms with van der Waals surface area (Å²) in [6.07, 6.45) is 0. The Morgan fingerprint density at radius 1 is 1.05 bits per heavy atom. The molecule has 2 rings (SSSR count). The normalized spacial score (nSPS) is 9.21. The average Bonchev–Trinajstić information content (AvgIpc) is 2.46. The highest BCUT2D eigenvalue weighted by Gasteiger charge is 2.05. The summed E-state index contributed by atoms with van der Waals surface area (Å²) in [6, 6.07) is 14.6. The molecule has 3 N–H and O–H groups in total. The molecule has 3 heteroatoms. The van der Waals surface area contributed by atoms with E-state index in [0.29, 0.717) is 16.9 Å². The molecule has 0 aromatic heterocycles. The molecule has 0 radical (unpaired) electrons. The molecule has 0 heterocycles. The number of anilines is 2. The van der Waals surface area contributed by atoms with Gasteiger partial charge >= 0.3 is 0 Å². The van der Waals surface area contributed by atoms with E-state index in [2.05, 4.69) is 5.32 Å². The number of hydrogen-bond acceptors (Lipinski definition) is 2. The summed E-state index contributed by atoms with van der Waals surface area (Å²) in [4.78, 5) is 11.9. The molecule has 0 fully saturated rings. The average molecular weight is 256 g/mol. The van der Waals surface area contributed by atoms with Crippen LogP contribution in [0.1, 0.15) is 29.8 Å². The molecule has 0 unspecified atom stereocenters. The quantitative estimate of drug-likeness (QED) is 0.802. The fraction of sp³-hybridized carbons (Fsp3) is 0.188. The number of nitrogens with one attached hydrogen (secondary N) is 1. The second kappa shape index (κ2) is 7.21. The van der Waals surface area contributed by atoms with Crippen molar-refractivity contribution in [2.24, 2.45) is 0 Å². The first-order valence-electron chi connectivity index (χ1n) is 6.39. The molecule has 2 aromatic rings. The summed E-state index contributed by atoms with van der Waals surface area (Å²) in [6.45, 7) is 5.93. The van der Waals surface area contributed by atoms with Crippen LogP contribution in [0.2, 0.25) is 0 Å². The molecule has 0 aliphatic heterocycles. The molecule has 19 heavy (non-hydrogen) atoms. The monoisotopic (exact) mass is 256 g/mol. The van der Waals surface area contributed by atoms with Crippen molar-refractivity contribution in [3.8, 4) is 0 Å². The molecule has 0 bridgehead atoms. The Bertz CT molecular complexity index is 536. The van der Waals surface area contributed by atoms with E-state index in [9.17, 15) is 4.79 Å². The van der Waals surface area contributed by atoms with Gasteiger partial charge in [-0.25, -0.2) is 0 Å². The van der Waals surface area contributed by atoms with Crippen molar-refractivity contribution >= 4 is 17.3 Å². The van der Waals surface area contributed by atoms with Crippen LogP contribution in [-0.2, 0) is 0 Å². The van der Waals surface area contributed by atoms with Gasteiger partial charge < -0.3 is 11.1 Å². The number of benzene rings is 2. The van der Waals surface area contributed by atoms with Crippen molar-refractivity contribution in [3.05, 3.63) is 59.7 Å². The van der Waals surface area contributed by atoms with E-state index in [1.165, 1.54) is 0 Å². The standard InChI is InChI=1S/C14H14N2O.C2H6/c1-10-7-8-12(9-13(10)15)16-14(17)11-5-3-2-4-6-11;1-2/h2-9H,15H2,1H3,(H,16,17);1-2H3. The first-order valence-corrected chi connectivity index (χ1v) is 6.39. The Hall–Kier alpha value is -2.29. The number of nitrogen functional groups attached to an aromatic ring is 1. The van der Waals surface area contributed by atoms with Gasteiger partial charge in [0, 0.05) is 16.9 Å². The molecule has 100 valence electrons. The number of carbonyl (C=O) groups is 1. The van der Waals surface area contributed by atoms with Crippen LogP contribution in [0.4, 0.5) is 11.4 Å². The van der Waals surface area contributed by atoms with Crippen molar-refractivity contribution in [1.82, 2.24) is 0 Å². The van der Waals surface area contributed by atoms with Crippen LogP contribution in [0.15, 0.2) is 48.5 Å². The van der Waals surface area contributed by atoms with Crippen molar-refractivity contribution in [3.63, 3.8) is 0 Å². The summed E-state index contributed by atoms with van der Waals surface area (Å²) in [5.41, 5.74) is 8.80. The highest BCUT2D eigenvalue weighted by Crippen LogP contribution is 2.17. The summed E-state index contributed by atoms with van der Waals surface area (Å²) in [5, 5.41) is 2.81. The SMILES string of the molecule is CC.Cc1ccc(NC(=O)c2ccccc2)cc1N. The minimum Gasteiger partial charge on any atom is -0.398 e. The first-order chi connectivity index (χ1) is 9.16. The van der Waals surface area contributed by atoms with E-state index in [0.717, 1.165) is 5.56 Å². The zero-order chi connectivity index (χ0) is 14.3. The van der Waals surface area contributed by atoms with Crippen LogP contribution in [-0.4, -0.2) is 5.91 Å². The fourth-order valence-corrected chi connectivity index (χ4v) is 1.51. The second-order valence-electron chi connectivity index (χ2n) is 3.89. The van der Waals surface area contributed by atoms with Crippen molar-refractivity contribution in [2.45, 2.75) is 20.8 Å². The van der Waals surface area contributed by atoms with Crippen molar-refractivity contribution < 1.29 is 4.79 Å². The maximum atomic E-state index is 11.9. The van der Waals surface area contributed by atoms with Gasteiger partial charge in [-0.15, -0.1) is 0 Å². The van der Waals surface area contributed by atoms with Crippen LogP contribution < -0.4 is 11.1 Å². The van der Waals surface area contributed by atoms with Crippen LogP contribution in [0.25, 0.3) is 0 Å². The van der Waals surface area contributed by atoms with Gasteiger partial charge in [-0.05, 0) is 36.8 Å². The summed E-state index contributed by atoms with van der Waals surface area (Å²) >= 11 is 0. The summed E-state index contributed by atoms with van der Waals surface area (Å²) in [7, 11) is 0. The molecule has 2 aromatic carbocycles. The number of carbonyl (C=O) groups excluding carboxylic acids is 1. The van der Waals surface area contributed by atoms with Crippen LogP contribution in [0.3, 0.4) is 0 Å². The molecule has 3 nitrogen and oxygen atoms in total. The summed E-state index contributed by atoms with van der Waals surface area (Å²) < 4.78 is 0. The van der Waals surface area contributed by atoms with Gasteiger partial charge in [-0.1, -0.05) is 38.1 Å². The summed E-state index contributed by atoms with van der Waals surface area (Å²) in [5.74, 6) is -0.131. The van der Waals surface area contributed by atoms with Gasteiger partial charge in [0.1, 0.15) is 0 Å². The molecule has 0 aliphatic rings. The first kappa shape index (κ1) is 14.8. The maximum absolute atomic E-state index is 11.9. The van der Waals surface area contributed by atoms with Gasteiger partial charge in [0.25, 0.3) is 5.91 Å². The van der Waals surface area contributed by atoms with E-state index >= 15 is 0 Å². The van der Waals surface area contributed by atoms with Gasteiger partial charge in [0.15, 0.2) is 0 Å². The Kier molecular flexibility index (Phi) is 5.61. The van der Waals surface area contributed by atoms with E-state index in [1.54, 1.807) is 18.2 Å². The topological polar surface area (TPSA) is 55.1 Å². The van der Waals surface area contributed by atoms with E-state index in [1.807, 2.05) is 51.1 Å². The largest absolute Gasteiger partial charge is 0.398 e. The number of aryl methyl sites for hydroxylation is 1. The zero-order valence-electron chi connectivity index (χ0n) is 11.6. The fourth-order valence-electron chi connectivity index (χ4n) is 1.51. The number of hydrogen-bond donors (Lipinski definition) is 2. The highest BCUT2D eigenvalue weighted by atomic mass is 16.1. The van der Waals surface area contributed by atoms with Crippen LogP contribution in [0, 0.1) is 6.92 Å². The Morgan fingerprint density at radius 3 is 2.26 bits per heavy atom. The minimum absolute atomic E-state index is 0.131. The lowest BCUT2D eigenvalue weighted by Gasteiger charge is -2.07. The highest BCUT2D eigenvalue weighted by molar-refractivity contribution is 6.04.